The normalized spacial score (nSPS) is 12.5. The number of rotatable bonds is 4. The number of non-ortho nitro benzene ring substituents is 1. The molecule has 2 aromatic carbocycles. The first-order chi connectivity index (χ1) is 13.5. The lowest BCUT2D eigenvalue weighted by atomic mass is 10.2. The van der Waals surface area contributed by atoms with Gasteiger partial charge in [-0.2, -0.15) is 0 Å². The molecule has 28 heavy (non-hydrogen) atoms. The Bertz CT molecular complexity index is 1080. The Morgan fingerprint density at radius 1 is 1.11 bits per heavy atom. The average molecular weight is 403 g/mol. The molecule has 1 amide bonds. The van der Waals surface area contributed by atoms with Gasteiger partial charge in [0.2, 0.25) is 5.89 Å². The summed E-state index contributed by atoms with van der Waals surface area (Å²) in [4.78, 5) is 22.6. The Balaban J connectivity index is 1.55. The van der Waals surface area contributed by atoms with Crippen LogP contribution in [0.4, 0.5) is 11.7 Å². The maximum atomic E-state index is 12.4. The molecular weight excluding hydrogens is 392 g/mol. The number of carbonyl (C=O) groups is 1. The van der Waals surface area contributed by atoms with E-state index in [9.17, 15) is 14.9 Å². The Morgan fingerprint density at radius 3 is 2.68 bits per heavy atom. The van der Waals surface area contributed by atoms with Gasteiger partial charge in [0.1, 0.15) is 13.2 Å². The van der Waals surface area contributed by atoms with E-state index >= 15 is 0 Å². The summed E-state index contributed by atoms with van der Waals surface area (Å²) in [7, 11) is 0. The molecule has 10 nitrogen and oxygen atoms in total. The number of halogens is 1. The van der Waals surface area contributed by atoms with Crippen molar-refractivity contribution in [2.24, 2.45) is 0 Å². The van der Waals surface area contributed by atoms with Crippen LogP contribution in [0.1, 0.15) is 10.4 Å². The fraction of sp³-hybridized carbons (Fsp3) is 0.118. The van der Waals surface area contributed by atoms with Crippen molar-refractivity contribution < 1.29 is 23.6 Å². The van der Waals surface area contributed by atoms with Crippen molar-refractivity contribution in [3.63, 3.8) is 0 Å². The maximum absolute atomic E-state index is 12.4. The SMILES string of the molecule is O=C(Nc1nnc(-c2ccc3c(c2)OCCO3)o1)c1cc([N+](=O)[O-])ccc1Cl. The van der Waals surface area contributed by atoms with Gasteiger partial charge in [-0.15, -0.1) is 5.10 Å². The van der Waals surface area contributed by atoms with E-state index in [4.69, 9.17) is 25.5 Å². The Morgan fingerprint density at radius 2 is 1.89 bits per heavy atom. The van der Waals surface area contributed by atoms with Crippen molar-refractivity contribution in [2.45, 2.75) is 0 Å². The fourth-order valence-electron chi connectivity index (χ4n) is 2.53. The van der Waals surface area contributed by atoms with Gasteiger partial charge in [-0.3, -0.25) is 20.2 Å². The van der Waals surface area contributed by atoms with Gasteiger partial charge >= 0.3 is 6.01 Å². The smallest absolute Gasteiger partial charge is 0.322 e. The molecular formula is C17H11ClN4O6. The summed E-state index contributed by atoms with van der Waals surface area (Å²) >= 11 is 5.95. The van der Waals surface area contributed by atoms with Crippen molar-refractivity contribution in [1.29, 1.82) is 0 Å². The average Bonchev–Trinajstić information content (AvgIpc) is 3.16. The predicted molar refractivity (Wildman–Crippen MR) is 96.8 cm³/mol. The van der Waals surface area contributed by atoms with Gasteiger partial charge in [-0.1, -0.05) is 16.7 Å². The molecule has 0 saturated carbocycles. The molecule has 2 heterocycles. The number of nitrogens with zero attached hydrogens (tertiary/aromatic N) is 3. The first-order valence-corrected chi connectivity index (χ1v) is 8.38. The van der Waals surface area contributed by atoms with Gasteiger partial charge < -0.3 is 13.9 Å². The van der Waals surface area contributed by atoms with Crippen LogP contribution in [-0.4, -0.2) is 34.2 Å². The third-order valence-electron chi connectivity index (χ3n) is 3.84. The highest BCUT2D eigenvalue weighted by atomic mass is 35.5. The number of carbonyl (C=O) groups excluding carboxylic acids is 1. The lowest BCUT2D eigenvalue weighted by molar-refractivity contribution is -0.384. The summed E-state index contributed by atoms with van der Waals surface area (Å²) in [5, 5.41) is 20.9. The van der Waals surface area contributed by atoms with Crippen molar-refractivity contribution in [3.05, 3.63) is 57.1 Å². The summed E-state index contributed by atoms with van der Waals surface area (Å²) in [5.41, 5.74) is 0.220. The van der Waals surface area contributed by atoms with Crippen LogP contribution in [-0.2, 0) is 0 Å². The van der Waals surface area contributed by atoms with Crippen LogP contribution in [0.5, 0.6) is 11.5 Å². The number of benzene rings is 2. The minimum Gasteiger partial charge on any atom is -0.486 e. The van der Waals surface area contributed by atoms with Crippen LogP contribution >= 0.6 is 11.6 Å². The molecule has 1 aliphatic rings. The molecule has 1 N–H and O–H groups in total. The summed E-state index contributed by atoms with van der Waals surface area (Å²) in [6.07, 6.45) is 0. The van der Waals surface area contributed by atoms with Crippen LogP contribution in [0.25, 0.3) is 11.5 Å². The fourth-order valence-corrected chi connectivity index (χ4v) is 2.74. The molecule has 0 atom stereocenters. The Kier molecular flexibility index (Phi) is 4.53. The minimum atomic E-state index is -0.717. The molecule has 1 aromatic heterocycles. The molecule has 0 bridgehead atoms. The number of amides is 1. The monoisotopic (exact) mass is 402 g/mol. The van der Waals surface area contributed by atoms with E-state index in [0.717, 1.165) is 6.07 Å². The third kappa shape index (κ3) is 3.45. The summed E-state index contributed by atoms with van der Waals surface area (Å²) in [5.74, 6) is 0.600. The van der Waals surface area contributed by atoms with Crippen LogP contribution in [0.3, 0.4) is 0 Å². The highest BCUT2D eigenvalue weighted by Gasteiger charge is 2.19. The van der Waals surface area contributed by atoms with Crippen LogP contribution in [0, 0.1) is 10.1 Å². The number of nitrogens with one attached hydrogen (secondary N) is 1. The number of hydrogen-bond acceptors (Lipinski definition) is 8. The van der Waals surface area contributed by atoms with Gasteiger partial charge in [0.05, 0.1) is 15.5 Å². The lowest BCUT2D eigenvalue weighted by Gasteiger charge is -2.18. The quantitative estimate of drug-likeness (QED) is 0.519. The maximum Gasteiger partial charge on any atom is 0.322 e. The van der Waals surface area contributed by atoms with E-state index in [1.165, 1.54) is 12.1 Å². The van der Waals surface area contributed by atoms with Crippen LogP contribution < -0.4 is 14.8 Å². The van der Waals surface area contributed by atoms with Gasteiger partial charge in [-0.25, -0.2) is 0 Å². The first kappa shape index (κ1) is 17.7. The predicted octanol–water partition coefficient (Wildman–Crippen LogP) is 3.32. The standard InChI is InChI=1S/C17H11ClN4O6/c18-12-3-2-10(22(24)25)8-11(12)15(23)19-17-21-20-16(28-17)9-1-4-13-14(7-9)27-6-5-26-13/h1-4,7-8H,5-6H2,(H,19,21,23). The van der Waals surface area contributed by atoms with Crippen molar-refractivity contribution in [2.75, 3.05) is 18.5 Å². The molecule has 1 aliphatic heterocycles. The number of nitro benzene ring substituents is 1. The first-order valence-electron chi connectivity index (χ1n) is 8.00. The van der Waals surface area contributed by atoms with Crippen LogP contribution in [0.2, 0.25) is 5.02 Å². The van der Waals surface area contributed by atoms with Gasteiger partial charge in [0.15, 0.2) is 11.5 Å². The molecule has 11 heteroatoms. The number of ether oxygens (including phenoxy) is 2. The summed E-state index contributed by atoms with van der Waals surface area (Å²) < 4.78 is 16.4. The second-order valence-corrected chi connectivity index (χ2v) is 6.05. The van der Waals surface area contributed by atoms with E-state index < -0.39 is 10.8 Å². The molecule has 0 spiro atoms. The number of fused-ring (bicyclic) bond motifs is 1. The molecule has 0 unspecified atom stereocenters. The second kappa shape index (κ2) is 7.16. The zero-order chi connectivity index (χ0) is 19.7. The number of aromatic nitrogens is 2. The van der Waals surface area contributed by atoms with E-state index in [2.05, 4.69) is 15.5 Å². The minimum absolute atomic E-state index is 0.0506. The molecule has 4 rings (SSSR count). The Hall–Kier alpha value is -3.66. The van der Waals surface area contributed by atoms with E-state index in [1.807, 2.05) is 0 Å². The highest BCUT2D eigenvalue weighted by molar-refractivity contribution is 6.34. The van der Waals surface area contributed by atoms with Crippen molar-refractivity contribution >= 4 is 29.2 Å². The lowest BCUT2D eigenvalue weighted by Crippen LogP contribution is -2.15. The largest absolute Gasteiger partial charge is 0.486 e. The third-order valence-corrected chi connectivity index (χ3v) is 4.17. The molecule has 0 aliphatic carbocycles. The molecule has 3 aromatic rings. The van der Waals surface area contributed by atoms with E-state index in [-0.39, 0.29) is 28.2 Å². The van der Waals surface area contributed by atoms with Gasteiger partial charge in [0.25, 0.3) is 11.6 Å². The molecule has 0 saturated heterocycles. The summed E-state index contributed by atoms with van der Waals surface area (Å²) in [6, 6.07) is 8.46. The van der Waals surface area contributed by atoms with Gasteiger partial charge in [0, 0.05) is 17.7 Å². The zero-order valence-electron chi connectivity index (χ0n) is 14.0. The van der Waals surface area contributed by atoms with Crippen molar-refractivity contribution in [1.82, 2.24) is 10.2 Å². The van der Waals surface area contributed by atoms with Crippen LogP contribution in [0.15, 0.2) is 40.8 Å². The molecule has 0 radical (unpaired) electrons. The summed E-state index contributed by atoms with van der Waals surface area (Å²) in [6.45, 7) is 0.912. The highest BCUT2D eigenvalue weighted by Crippen LogP contribution is 2.34. The number of hydrogen-bond donors (Lipinski definition) is 1. The number of anilines is 1. The van der Waals surface area contributed by atoms with Gasteiger partial charge in [-0.05, 0) is 24.3 Å². The second-order valence-electron chi connectivity index (χ2n) is 5.65. The molecule has 0 fully saturated rings. The number of nitro groups is 1. The van der Waals surface area contributed by atoms with Crippen molar-refractivity contribution in [3.8, 4) is 23.0 Å². The van der Waals surface area contributed by atoms with E-state index in [1.54, 1.807) is 18.2 Å². The topological polar surface area (TPSA) is 130 Å². The Labute approximate surface area is 162 Å². The molecule has 142 valence electrons. The zero-order valence-corrected chi connectivity index (χ0v) is 14.8. The van der Waals surface area contributed by atoms with E-state index in [0.29, 0.717) is 30.3 Å².